The van der Waals surface area contributed by atoms with E-state index in [1.807, 2.05) is 26.0 Å². The highest BCUT2D eigenvalue weighted by Gasteiger charge is 2.50. The number of carbonyl (C=O) groups is 5. The number of benzene rings is 6. The first kappa shape index (κ1) is 62.4. The quantitative estimate of drug-likeness (QED) is 0.0340. The smallest absolute Gasteiger partial charge is 0.301 e. The number of ether oxygens (including phenoxy) is 2. The summed E-state index contributed by atoms with van der Waals surface area (Å²) in [5.74, 6) is -2.20. The zero-order valence-corrected chi connectivity index (χ0v) is 52.8. The molecule has 440 valence electrons. The summed E-state index contributed by atoms with van der Waals surface area (Å²) >= 11 is 42.3. The number of fused-ring (bicyclic) bond motifs is 2. The number of anilines is 2. The highest BCUT2D eigenvalue weighted by Crippen LogP contribution is 2.48. The van der Waals surface area contributed by atoms with E-state index in [1.165, 1.54) is 33.3 Å². The SMILES string of the molecule is CC(=O)O.CC1Cc2cc(C(O)=C3C(=O)C(=O)N(c4nnc(SCc5ccc(Cl)cc5Cl)s4)C3c3cccc(Cl)c3)ccc2O1.CC1Cc2cc(C(O)=C3C(=O)C(=O)N(c4nnc(SCc5ccc(Cl)cc5Cl)s4)C3c3cccc(Cl)c3)ccc2O1. The van der Waals surface area contributed by atoms with E-state index in [4.69, 9.17) is 89.0 Å². The Morgan fingerprint density at radius 1 is 0.547 bits per heavy atom. The zero-order chi connectivity index (χ0) is 61.2. The molecule has 2 aromatic heterocycles. The van der Waals surface area contributed by atoms with Crippen molar-refractivity contribution in [2.45, 2.75) is 78.1 Å². The number of hydrogen-bond acceptors (Lipinski definition) is 17. The molecule has 16 nitrogen and oxygen atoms in total. The molecule has 2 saturated heterocycles. The summed E-state index contributed by atoms with van der Waals surface area (Å²) in [6.07, 6.45) is 1.38. The number of ketones is 2. The second-order valence-electron chi connectivity index (χ2n) is 19.6. The molecule has 4 unspecified atom stereocenters. The van der Waals surface area contributed by atoms with Gasteiger partial charge in [0, 0.05) is 72.5 Å². The second kappa shape index (κ2) is 26.7. The van der Waals surface area contributed by atoms with Crippen molar-refractivity contribution >= 4 is 167 Å². The first-order valence-electron chi connectivity index (χ1n) is 25.8. The molecule has 6 aromatic carbocycles. The molecule has 0 bridgehead atoms. The topological polar surface area (TPSA) is 223 Å². The number of thioether (sulfide) groups is 2. The van der Waals surface area contributed by atoms with E-state index in [1.54, 1.807) is 109 Å². The monoisotopic (exact) mass is 1350 g/mol. The summed E-state index contributed by atoms with van der Waals surface area (Å²) in [5.41, 5.74) is 5.39. The molecule has 0 aliphatic carbocycles. The summed E-state index contributed by atoms with van der Waals surface area (Å²) in [7, 11) is 0. The number of aromatic nitrogens is 4. The van der Waals surface area contributed by atoms with E-state index < -0.39 is 41.4 Å². The number of carbonyl (C=O) groups excluding carboxylic acids is 4. The third-order valence-corrected chi connectivity index (χ3v) is 19.3. The third-order valence-electron chi connectivity index (χ3n) is 13.5. The van der Waals surface area contributed by atoms with E-state index >= 15 is 0 Å². The van der Waals surface area contributed by atoms with E-state index in [0.717, 1.165) is 63.4 Å². The maximum Gasteiger partial charge on any atom is 0.301 e. The van der Waals surface area contributed by atoms with Gasteiger partial charge in [0.15, 0.2) is 8.68 Å². The number of halogens is 6. The molecule has 0 spiro atoms. The van der Waals surface area contributed by atoms with E-state index in [0.29, 0.717) is 85.4 Å². The van der Waals surface area contributed by atoms with Crippen molar-refractivity contribution < 1.29 is 48.8 Å². The predicted octanol–water partition coefficient (Wildman–Crippen LogP) is 15.6. The van der Waals surface area contributed by atoms with Crippen molar-refractivity contribution in [3.8, 4) is 11.5 Å². The van der Waals surface area contributed by atoms with Crippen molar-refractivity contribution in [1.82, 2.24) is 20.4 Å². The fraction of sp³-hybridized carbons (Fsp3) is 0.183. The Bertz CT molecular complexity index is 3850. The third kappa shape index (κ3) is 13.7. The van der Waals surface area contributed by atoms with Crippen molar-refractivity contribution in [2.24, 2.45) is 0 Å². The molecule has 4 aliphatic rings. The standard InChI is InChI=1S/2C29H20Cl3N3O4S2.C2H4O2/c2*1-14-9-18-10-16(6-8-22(18)39-14)25(36)23-24(15-3-2-4-19(30)11-15)35(27(38)26(23)37)28-33-34-29(41-28)40-13-17-5-7-20(31)12-21(17)32;1-2(3)4/h2*2-8,10-12,14,24,36H,9,13H2,1H3;1H3,(H,3,4). The number of rotatable bonds is 12. The van der Waals surface area contributed by atoms with Gasteiger partial charge in [-0.2, -0.15) is 0 Å². The first-order chi connectivity index (χ1) is 41.1. The number of aliphatic hydroxyl groups is 2. The van der Waals surface area contributed by atoms with Gasteiger partial charge in [0.1, 0.15) is 35.2 Å². The molecule has 26 heteroatoms. The molecule has 12 rings (SSSR count). The minimum absolute atomic E-state index is 0.0135. The Kier molecular flexibility index (Phi) is 19.4. The Hall–Kier alpha value is -6.69. The Morgan fingerprint density at radius 2 is 0.930 bits per heavy atom. The Balaban J connectivity index is 0.000000180. The minimum Gasteiger partial charge on any atom is -0.507 e. The average Bonchev–Trinajstić information content (AvgIpc) is 1.95. The van der Waals surface area contributed by atoms with Crippen LogP contribution in [0.5, 0.6) is 11.5 Å². The van der Waals surface area contributed by atoms with Gasteiger partial charge in [-0.3, -0.25) is 33.8 Å². The second-order valence-corrected chi connectivity index (χ2v) is 26.5. The van der Waals surface area contributed by atoms with Crippen LogP contribution < -0.4 is 19.3 Å². The van der Waals surface area contributed by atoms with Crippen LogP contribution in [0.4, 0.5) is 10.3 Å². The van der Waals surface area contributed by atoms with Crippen LogP contribution in [0, 0.1) is 0 Å². The van der Waals surface area contributed by atoms with Gasteiger partial charge < -0.3 is 24.8 Å². The fourth-order valence-electron chi connectivity index (χ4n) is 9.77. The predicted molar refractivity (Wildman–Crippen MR) is 338 cm³/mol. The number of aliphatic carboxylic acids is 1. The molecular weight excluding hydrogens is 1310 g/mol. The Morgan fingerprint density at radius 3 is 1.30 bits per heavy atom. The van der Waals surface area contributed by atoms with Crippen molar-refractivity contribution in [2.75, 3.05) is 9.80 Å². The lowest BCUT2D eigenvalue weighted by atomic mass is 9.94. The van der Waals surface area contributed by atoms with Crippen LogP contribution in [-0.2, 0) is 48.3 Å². The average molecular weight is 1350 g/mol. The first-order valence-corrected chi connectivity index (χ1v) is 31.7. The molecule has 2 amide bonds. The summed E-state index contributed by atoms with van der Waals surface area (Å²) in [6, 6.07) is 32.7. The lowest BCUT2D eigenvalue weighted by Gasteiger charge is -2.22. The lowest BCUT2D eigenvalue weighted by Crippen LogP contribution is -2.29. The van der Waals surface area contributed by atoms with Crippen LogP contribution in [0.1, 0.15) is 77.4 Å². The van der Waals surface area contributed by atoms with E-state index in [9.17, 15) is 29.4 Å². The van der Waals surface area contributed by atoms with Crippen molar-refractivity contribution in [1.29, 1.82) is 0 Å². The van der Waals surface area contributed by atoms with Crippen LogP contribution in [-0.4, -0.2) is 77.3 Å². The number of carboxylic acids is 1. The van der Waals surface area contributed by atoms with Crippen LogP contribution in [0.15, 0.2) is 141 Å². The van der Waals surface area contributed by atoms with Crippen LogP contribution >= 0.6 is 116 Å². The number of nitrogens with zero attached hydrogens (tertiary/aromatic N) is 6. The zero-order valence-electron chi connectivity index (χ0n) is 45.0. The molecule has 8 aromatic rings. The maximum atomic E-state index is 13.5. The molecular formula is C60H44Cl6N6O10S4. The summed E-state index contributed by atoms with van der Waals surface area (Å²) in [6.45, 7) is 5.01. The van der Waals surface area contributed by atoms with Gasteiger partial charge in [0.25, 0.3) is 17.5 Å². The maximum absolute atomic E-state index is 13.5. The highest BCUT2D eigenvalue weighted by atomic mass is 35.5. The Labute approximate surface area is 538 Å². The number of Topliss-reactive ketones (excluding diaryl/α,β-unsaturated/α-hetero) is 2. The summed E-state index contributed by atoms with van der Waals surface area (Å²) in [4.78, 5) is 65.5. The number of aliphatic hydroxyl groups excluding tert-OH is 2. The van der Waals surface area contributed by atoms with E-state index in [2.05, 4.69) is 20.4 Å². The molecule has 0 radical (unpaired) electrons. The largest absolute Gasteiger partial charge is 0.507 e. The van der Waals surface area contributed by atoms with Gasteiger partial charge in [-0.05, 0) is 132 Å². The molecule has 2 fully saturated rings. The summed E-state index contributed by atoms with van der Waals surface area (Å²) in [5, 5.41) is 50.8. The normalized spacial score (nSPS) is 18.8. The highest BCUT2D eigenvalue weighted by molar-refractivity contribution is 8.00. The van der Waals surface area contributed by atoms with E-state index in [-0.39, 0.29) is 45.1 Å². The van der Waals surface area contributed by atoms with Crippen LogP contribution in [0.25, 0.3) is 11.5 Å². The van der Waals surface area contributed by atoms with Crippen molar-refractivity contribution in [3.63, 3.8) is 0 Å². The number of amides is 2. The summed E-state index contributed by atoms with van der Waals surface area (Å²) < 4.78 is 12.7. The molecule has 4 aliphatic heterocycles. The van der Waals surface area contributed by atoms with Gasteiger partial charge in [-0.15, -0.1) is 20.4 Å². The molecule has 4 atom stereocenters. The minimum atomic E-state index is -0.964. The van der Waals surface area contributed by atoms with Crippen LogP contribution in [0.2, 0.25) is 30.1 Å². The molecule has 86 heavy (non-hydrogen) atoms. The molecule has 3 N–H and O–H groups in total. The molecule has 0 saturated carbocycles. The lowest BCUT2D eigenvalue weighted by molar-refractivity contribution is -0.134. The van der Waals surface area contributed by atoms with Gasteiger partial charge >= 0.3 is 11.8 Å². The number of hydrogen-bond donors (Lipinski definition) is 3. The number of carboxylic acid groups (broad SMARTS) is 1. The van der Waals surface area contributed by atoms with Gasteiger partial charge in [0.05, 0.1) is 23.2 Å². The van der Waals surface area contributed by atoms with Gasteiger partial charge in [-0.25, -0.2) is 0 Å². The van der Waals surface area contributed by atoms with Crippen molar-refractivity contribution in [3.05, 3.63) is 207 Å². The fourth-order valence-corrected chi connectivity index (χ4v) is 15.0. The van der Waals surface area contributed by atoms with Gasteiger partial charge in [0.2, 0.25) is 10.3 Å². The molecule has 6 heterocycles. The van der Waals surface area contributed by atoms with Crippen LogP contribution in [0.3, 0.4) is 0 Å². The van der Waals surface area contributed by atoms with Gasteiger partial charge in [-0.1, -0.05) is 152 Å².